The number of thioether (sulfide) groups is 1. The second kappa shape index (κ2) is 9.27. The molecule has 1 unspecified atom stereocenters. The molecule has 0 saturated carbocycles. The number of carbonyl (C=O) groups is 1. The predicted molar refractivity (Wildman–Crippen MR) is 136 cm³/mol. The summed E-state index contributed by atoms with van der Waals surface area (Å²) in [6.07, 6.45) is 0.0974. The topological polar surface area (TPSA) is 128 Å². The molecule has 0 fully saturated rings. The van der Waals surface area contributed by atoms with Gasteiger partial charge in [-0.25, -0.2) is 9.97 Å². The first-order chi connectivity index (χ1) is 16.8. The minimum Gasteiger partial charge on any atom is -0.310 e. The minimum absolute atomic E-state index is 0.0388. The van der Waals surface area contributed by atoms with Gasteiger partial charge in [0, 0.05) is 36.1 Å². The Hall–Kier alpha value is -3.51. The number of aryl methyl sites for hydroxylation is 1. The summed E-state index contributed by atoms with van der Waals surface area (Å²) in [6.45, 7) is 5.68. The number of hydrogen-bond donors (Lipinski definition) is 2. The van der Waals surface area contributed by atoms with E-state index in [0.29, 0.717) is 33.8 Å². The molecular formula is C23H23N7O3S2. The second-order valence-corrected chi connectivity index (χ2v) is 10.5. The molecule has 0 radical (unpaired) electrons. The van der Waals surface area contributed by atoms with Gasteiger partial charge in [0.05, 0.1) is 16.6 Å². The van der Waals surface area contributed by atoms with E-state index >= 15 is 0 Å². The minimum atomic E-state index is -0.300. The zero-order valence-corrected chi connectivity index (χ0v) is 20.9. The number of nitrogens with zero attached hydrogens (tertiary/aromatic N) is 5. The van der Waals surface area contributed by atoms with Crippen LogP contribution in [0.1, 0.15) is 43.6 Å². The Morgan fingerprint density at radius 1 is 1.26 bits per heavy atom. The summed E-state index contributed by atoms with van der Waals surface area (Å²) < 4.78 is 3.02. The highest BCUT2D eigenvalue weighted by Gasteiger charge is 2.28. The first-order valence-corrected chi connectivity index (χ1v) is 12.9. The molecule has 0 aliphatic carbocycles. The molecule has 5 rings (SSSR count). The third-order valence-electron chi connectivity index (χ3n) is 5.53. The molecule has 1 amide bonds. The van der Waals surface area contributed by atoms with Gasteiger partial charge < -0.3 is 5.32 Å². The Morgan fingerprint density at radius 3 is 2.83 bits per heavy atom. The quantitative estimate of drug-likeness (QED) is 0.382. The number of hydrogen-bond acceptors (Lipinski definition) is 8. The van der Waals surface area contributed by atoms with E-state index in [9.17, 15) is 14.4 Å². The first kappa shape index (κ1) is 23.2. The third kappa shape index (κ3) is 4.71. The number of anilines is 1. The number of rotatable bonds is 6. The molecule has 1 aliphatic rings. The Morgan fingerprint density at radius 2 is 2.09 bits per heavy atom. The van der Waals surface area contributed by atoms with Gasteiger partial charge in [-0.15, -0.1) is 11.3 Å². The molecular weight excluding hydrogens is 486 g/mol. The molecule has 4 aromatic heterocycles. The van der Waals surface area contributed by atoms with Crippen molar-refractivity contribution >= 4 is 34.8 Å². The predicted octanol–water partition coefficient (Wildman–Crippen LogP) is 3.35. The van der Waals surface area contributed by atoms with Crippen LogP contribution in [0, 0.1) is 6.92 Å². The van der Waals surface area contributed by atoms with E-state index in [1.807, 2.05) is 31.4 Å². The van der Waals surface area contributed by atoms with Crippen molar-refractivity contribution in [3.63, 3.8) is 0 Å². The fourth-order valence-corrected chi connectivity index (χ4v) is 5.73. The van der Waals surface area contributed by atoms with Crippen molar-refractivity contribution in [3.8, 4) is 16.5 Å². The number of thiophene rings is 1. The number of aromatic amines is 1. The molecule has 0 saturated heterocycles. The largest absolute Gasteiger partial charge is 0.310 e. The molecule has 5 heterocycles. The Balaban J connectivity index is 1.47. The van der Waals surface area contributed by atoms with Crippen LogP contribution in [0.4, 0.5) is 5.82 Å². The summed E-state index contributed by atoms with van der Waals surface area (Å²) in [6, 6.07) is 8.23. The Bertz CT molecular complexity index is 1520. The highest BCUT2D eigenvalue weighted by molar-refractivity contribution is 7.99. The molecule has 2 N–H and O–H groups in total. The zero-order valence-electron chi connectivity index (χ0n) is 19.3. The third-order valence-corrected chi connectivity index (χ3v) is 7.52. The molecule has 1 atom stereocenters. The van der Waals surface area contributed by atoms with E-state index in [4.69, 9.17) is 0 Å². The maximum Gasteiger partial charge on any atom is 0.254 e. The monoisotopic (exact) mass is 509 g/mol. The van der Waals surface area contributed by atoms with Gasteiger partial charge in [0.15, 0.2) is 5.16 Å². The van der Waals surface area contributed by atoms with Crippen LogP contribution in [0.25, 0.3) is 16.5 Å². The van der Waals surface area contributed by atoms with Crippen LogP contribution < -0.4 is 16.4 Å². The maximum atomic E-state index is 13.1. The highest BCUT2D eigenvalue weighted by Crippen LogP contribution is 2.33. The second-order valence-electron chi connectivity index (χ2n) is 8.56. The van der Waals surface area contributed by atoms with Gasteiger partial charge in [-0.3, -0.25) is 23.9 Å². The fraction of sp³-hybridized carbons (Fsp3) is 0.304. The van der Waals surface area contributed by atoms with Gasteiger partial charge in [-0.05, 0) is 24.3 Å². The summed E-state index contributed by atoms with van der Waals surface area (Å²) in [4.78, 5) is 50.5. The molecule has 10 nitrogen and oxygen atoms in total. The van der Waals surface area contributed by atoms with Crippen LogP contribution in [0.15, 0.2) is 50.5 Å². The van der Waals surface area contributed by atoms with Crippen molar-refractivity contribution in [2.75, 3.05) is 11.1 Å². The first-order valence-electron chi connectivity index (χ1n) is 11.1. The van der Waals surface area contributed by atoms with Crippen LogP contribution in [-0.2, 0) is 4.79 Å². The molecule has 12 heteroatoms. The standard InChI is InChI=1S/C23H23N7O3S2/c1-12(2)15-10-20(32)27-22(25-15)30-18(9-16(28-30)17-5-4-6-34-17)26-19(31)8-14-11-35-23-24-13(3)7-21(33)29(14)23/h4-7,9-10,12,14H,8,11H2,1-3H3,(H,26,31)(H,25,27,32). The smallest absolute Gasteiger partial charge is 0.254 e. The van der Waals surface area contributed by atoms with Gasteiger partial charge >= 0.3 is 0 Å². The summed E-state index contributed by atoms with van der Waals surface area (Å²) in [5, 5.41) is 10.1. The van der Waals surface area contributed by atoms with Crippen molar-refractivity contribution in [1.82, 2.24) is 29.3 Å². The average Bonchev–Trinajstić information content (AvgIpc) is 3.53. The molecule has 35 heavy (non-hydrogen) atoms. The van der Waals surface area contributed by atoms with Crippen molar-refractivity contribution in [3.05, 3.63) is 67.8 Å². The lowest BCUT2D eigenvalue weighted by molar-refractivity contribution is -0.116. The van der Waals surface area contributed by atoms with Gasteiger partial charge in [-0.1, -0.05) is 31.7 Å². The molecule has 1 aliphatic heterocycles. The number of carbonyl (C=O) groups excluding carboxylic acids is 1. The molecule has 0 aromatic carbocycles. The van der Waals surface area contributed by atoms with E-state index in [1.165, 1.54) is 39.9 Å². The SMILES string of the molecule is Cc1cc(=O)n2c(n1)SCC2CC(=O)Nc1cc(-c2cccs2)nn1-c1nc(C(C)C)cc(=O)[nH]1. The van der Waals surface area contributed by atoms with Gasteiger partial charge in [0.1, 0.15) is 11.5 Å². The number of H-pyrrole nitrogens is 1. The van der Waals surface area contributed by atoms with Crippen molar-refractivity contribution in [2.45, 2.75) is 44.3 Å². The highest BCUT2D eigenvalue weighted by atomic mass is 32.2. The van der Waals surface area contributed by atoms with Crippen LogP contribution in [0.2, 0.25) is 0 Å². The van der Waals surface area contributed by atoms with E-state index in [0.717, 1.165) is 4.88 Å². The molecule has 0 bridgehead atoms. The van der Waals surface area contributed by atoms with Crippen molar-refractivity contribution < 1.29 is 4.79 Å². The number of aromatic nitrogens is 6. The maximum absolute atomic E-state index is 13.1. The normalized spacial score (nSPS) is 14.9. The van der Waals surface area contributed by atoms with E-state index in [-0.39, 0.29) is 41.4 Å². The van der Waals surface area contributed by atoms with E-state index < -0.39 is 0 Å². The van der Waals surface area contributed by atoms with Crippen molar-refractivity contribution in [2.24, 2.45) is 0 Å². The fourth-order valence-electron chi connectivity index (χ4n) is 3.86. The van der Waals surface area contributed by atoms with Crippen LogP contribution in [0.5, 0.6) is 0 Å². The Labute approximate surface area is 208 Å². The number of nitrogens with one attached hydrogen (secondary N) is 2. The Kier molecular flexibility index (Phi) is 6.15. The lowest BCUT2D eigenvalue weighted by Crippen LogP contribution is -2.28. The summed E-state index contributed by atoms with van der Waals surface area (Å²) in [5.74, 6) is 0.943. The van der Waals surface area contributed by atoms with E-state index in [2.05, 4.69) is 25.4 Å². The molecule has 180 valence electrons. The number of fused-ring (bicyclic) bond motifs is 1. The van der Waals surface area contributed by atoms with Crippen molar-refractivity contribution in [1.29, 1.82) is 0 Å². The lowest BCUT2D eigenvalue weighted by Gasteiger charge is -2.14. The van der Waals surface area contributed by atoms with Gasteiger partial charge in [-0.2, -0.15) is 9.78 Å². The lowest BCUT2D eigenvalue weighted by atomic mass is 10.1. The van der Waals surface area contributed by atoms with Crippen LogP contribution in [-0.4, -0.2) is 41.0 Å². The number of amides is 1. The zero-order chi connectivity index (χ0) is 24.7. The van der Waals surface area contributed by atoms with Gasteiger partial charge in [0.25, 0.3) is 11.1 Å². The summed E-state index contributed by atoms with van der Waals surface area (Å²) in [5.41, 5.74) is 1.47. The van der Waals surface area contributed by atoms with Gasteiger partial charge in [0.2, 0.25) is 11.9 Å². The molecule has 4 aromatic rings. The summed E-state index contributed by atoms with van der Waals surface area (Å²) in [7, 11) is 0. The van der Waals surface area contributed by atoms with Crippen LogP contribution in [0.3, 0.4) is 0 Å². The summed E-state index contributed by atoms with van der Waals surface area (Å²) >= 11 is 2.98. The molecule has 0 spiro atoms. The van der Waals surface area contributed by atoms with Crippen LogP contribution >= 0.6 is 23.1 Å². The average molecular weight is 510 g/mol. The van der Waals surface area contributed by atoms with E-state index in [1.54, 1.807) is 17.6 Å².